The van der Waals surface area contributed by atoms with Gasteiger partial charge in [-0.15, -0.1) is 0 Å². The van der Waals surface area contributed by atoms with E-state index in [9.17, 15) is 4.79 Å². The minimum atomic E-state index is -2.35. The Morgan fingerprint density at radius 2 is 0.909 bits per heavy atom. The Labute approximate surface area is 132 Å². The van der Waals surface area contributed by atoms with Gasteiger partial charge >= 0.3 is 131 Å². The standard InChI is InChI=1S/C20H18OP/c21-16-17-22(18-10-4-1-5-11-18,19-12-6-2-7-13-19)20-14-8-3-9-15-20/h1-15,22H,17H2. The molecule has 0 saturated carbocycles. The molecule has 0 spiro atoms. The van der Waals surface area contributed by atoms with E-state index in [2.05, 4.69) is 42.7 Å². The van der Waals surface area contributed by atoms with Gasteiger partial charge in [0.15, 0.2) is 0 Å². The summed E-state index contributed by atoms with van der Waals surface area (Å²) in [5, 5.41) is 3.74. The van der Waals surface area contributed by atoms with Crippen LogP contribution < -0.4 is 15.9 Å². The van der Waals surface area contributed by atoms with Gasteiger partial charge in [0, 0.05) is 0 Å². The zero-order valence-electron chi connectivity index (χ0n) is 12.3. The first-order valence-electron chi connectivity index (χ1n) is 7.39. The van der Waals surface area contributed by atoms with Crippen LogP contribution in [-0.4, -0.2) is 12.4 Å². The van der Waals surface area contributed by atoms with Crippen molar-refractivity contribution in [2.45, 2.75) is 0 Å². The molecule has 0 unspecified atom stereocenters. The van der Waals surface area contributed by atoms with E-state index < -0.39 is 7.26 Å². The van der Waals surface area contributed by atoms with Crippen molar-refractivity contribution < 1.29 is 4.79 Å². The Morgan fingerprint density at radius 1 is 0.591 bits per heavy atom. The molecule has 0 aliphatic heterocycles. The van der Waals surface area contributed by atoms with Crippen molar-refractivity contribution in [3.05, 3.63) is 91.0 Å². The van der Waals surface area contributed by atoms with Crippen molar-refractivity contribution in [1.82, 2.24) is 0 Å². The monoisotopic (exact) mass is 305 g/mol. The van der Waals surface area contributed by atoms with Crippen molar-refractivity contribution in [2.24, 2.45) is 0 Å². The summed E-state index contributed by atoms with van der Waals surface area (Å²) in [6.07, 6.45) is 2.65. The van der Waals surface area contributed by atoms with Crippen LogP contribution in [0.2, 0.25) is 0 Å². The fourth-order valence-electron chi connectivity index (χ4n) is 3.08. The summed E-state index contributed by atoms with van der Waals surface area (Å²) < 4.78 is 0. The van der Waals surface area contributed by atoms with E-state index in [1.54, 1.807) is 0 Å². The molecule has 3 aromatic rings. The summed E-state index contributed by atoms with van der Waals surface area (Å²) in [4.78, 5) is 11.5. The van der Waals surface area contributed by atoms with Crippen LogP contribution in [-0.2, 0) is 4.79 Å². The molecule has 0 aliphatic rings. The van der Waals surface area contributed by atoms with E-state index in [4.69, 9.17) is 0 Å². The molecule has 0 atom stereocenters. The van der Waals surface area contributed by atoms with E-state index in [0.29, 0.717) is 6.16 Å². The van der Waals surface area contributed by atoms with Crippen LogP contribution in [0.1, 0.15) is 0 Å². The molecule has 0 aromatic heterocycles. The first-order valence-corrected chi connectivity index (χ1v) is 9.60. The molecule has 22 heavy (non-hydrogen) atoms. The molecular weight excluding hydrogens is 287 g/mol. The first-order chi connectivity index (χ1) is 10.9. The zero-order valence-corrected chi connectivity index (χ0v) is 13.3. The molecule has 1 nitrogen and oxygen atoms in total. The van der Waals surface area contributed by atoms with E-state index >= 15 is 0 Å². The Bertz CT molecular complexity index is 627. The summed E-state index contributed by atoms with van der Waals surface area (Å²) in [5.41, 5.74) is 0. The van der Waals surface area contributed by atoms with Gasteiger partial charge in [-0.05, 0) is 0 Å². The second-order valence-electron chi connectivity index (χ2n) is 5.32. The normalized spacial score (nSPS) is 11.8. The minimum absolute atomic E-state index is 0.436. The van der Waals surface area contributed by atoms with Gasteiger partial charge in [0.25, 0.3) is 0 Å². The van der Waals surface area contributed by atoms with Gasteiger partial charge < -0.3 is 0 Å². The first kappa shape index (κ1) is 14.7. The number of benzene rings is 3. The van der Waals surface area contributed by atoms with Crippen LogP contribution in [0.4, 0.5) is 0 Å². The number of hydrogen-bond donors (Lipinski definition) is 0. The maximum absolute atomic E-state index is 11.5. The molecule has 2 heteroatoms. The van der Waals surface area contributed by atoms with Crippen LogP contribution >= 0.6 is 7.26 Å². The summed E-state index contributed by atoms with van der Waals surface area (Å²) in [7, 11) is -2.35. The number of carbonyl (C=O) groups excluding carboxylic acids is 1. The maximum atomic E-state index is 11.5. The van der Waals surface area contributed by atoms with E-state index in [1.807, 2.05) is 54.6 Å². The molecule has 0 fully saturated rings. The Kier molecular flexibility index (Phi) is 4.46. The van der Waals surface area contributed by atoms with Crippen molar-refractivity contribution in [3.8, 4) is 0 Å². The van der Waals surface area contributed by atoms with Crippen molar-refractivity contribution in [2.75, 3.05) is 6.16 Å². The van der Waals surface area contributed by atoms with Gasteiger partial charge in [-0.3, -0.25) is 0 Å². The molecule has 109 valence electrons. The average Bonchev–Trinajstić information content (AvgIpc) is 2.62. The predicted octanol–water partition coefficient (Wildman–Crippen LogP) is 2.82. The Hall–Kier alpha value is -2.24. The van der Waals surface area contributed by atoms with Crippen LogP contribution in [0.15, 0.2) is 91.0 Å². The zero-order chi connectivity index (χ0) is 15.3. The molecule has 0 saturated heterocycles. The van der Waals surface area contributed by atoms with Gasteiger partial charge in [0.2, 0.25) is 0 Å². The van der Waals surface area contributed by atoms with Gasteiger partial charge in [-0.1, -0.05) is 0 Å². The van der Waals surface area contributed by atoms with Gasteiger partial charge in [-0.25, -0.2) is 0 Å². The number of rotatable bonds is 5. The fourth-order valence-corrected chi connectivity index (χ4v) is 7.20. The van der Waals surface area contributed by atoms with Crippen molar-refractivity contribution in [3.63, 3.8) is 0 Å². The third-order valence-electron chi connectivity index (χ3n) is 4.14. The summed E-state index contributed by atoms with van der Waals surface area (Å²) in [5.74, 6) is 0. The molecule has 1 radical (unpaired) electrons. The summed E-state index contributed by atoms with van der Waals surface area (Å²) in [6.45, 7) is 0. The topological polar surface area (TPSA) is 17.1 Å². The quantitative estimate of drug-likeness (QED) is 0.663. The average molecular weight is 305 g/mol. The molecule has 0 amide bonds. The second kappa shape index (κ2) is 6.68. The SMILES string of the molecule is O=[C]C[PH](c1ccccc1)(c1ccccc1)c1ccccc1. The van der Waals surface area contributed by atoms with Crippen LogP contribution in [0.3, 0.4) is 0 Å². The molecule has 3 rings (SSSR count). The molecular formula is C20H18OP. The van der Waals surface area contributed by atoms with E-state index in [1.165, 1.54) is 15.9 Å². The van der Waals surface area contributed by atoms with Crippen molar-refractivity contribution in [1.29, 1.82) is 0 Å². The molecule has 3 aromatic carbocycles. The molecule has 0 heterocycles. The van der Waals surface area contributed by atoms with Gasteiger partial charge in [0.1, 0.15) is 0 Å². The van der Waals surface area contributed by atoms with E-state index in [-0.39, 0.29) is 0 Å². The third-order valence-corrected chi connectivity index (χ3v) is 8.77. The fraction of sp³-hybridized carbons (Fsp3) is 0.0500. The second-order valence-corrected chi connectivity index (χ2v) is 9.22. The van der Waals surface area contributed by atoms with Gasteiger partial charge in [0.05, 0.1) is 0 Å². The van der Waals surface area contributed by atoms with E-state index in [0.717, 1.165) is 0 Å². The van der Waals surface area contributed by atoms with Crippen LogP contribution in [0, 0.1) is 0 Å². The molecule has 0 aliphatic carbocycles. The van der Waals surface area contributed by atoms with Crippen LogP contribution in [0.25, 0.3) is 0 Å². The summed E-state index contributed by atoms with van der Waals surface area (Å²) >= 11 is 0. The third kappa shape index (κ3) is 2.61. The number of hydrogen-bond acceptors (Lipinski definition) is 1. The van der Waals surface area contributed by atoms with Gasteiger partial charge in [-0.2, -0.15) is 0 Å². The Balaban J connectivity index is 2.31. The van der Waals surface area contributed by atoms with Crippen molar-refractivity contribution >= 4 is 29.5 Å². The predicted molar refractivity (Wildman–Crippen MR) is 97.1 cm³/mol. The molecule has 0 bridgehead atoms. The molecule has 0 N–H and O–H groups in total. The van der Waals surface area contributed by atoms with Crippen LogP contribution in [0.5, 0.6) is 0 Å². The summed E-state index contributed by atoms with van der Waals surface area (Å²) in [6, 6.07) is 31.2. The Morgan fingerprint density at radius 3 is 1.18 bits per heavy atom.